The maximum absolute atomic E-state index is 9.74. The topological polar surface area (TPSA) is 156 Å². The van der Waals surface area contributed by atoms with Crippen LogP contribution in [0.2, 0.25) is 0 Å². The van der Waals surface area contributed by atoms with Crippen molar-refractivity contribution in [2.24, 2.45) is 0 Å². The molecule has 0 radical (unpaired) electrons. The third kappa shape index (κ3) is 318. The fraction of sp³-hybridized carbons (Fsp3) is 0.783. The van der Waals surface area contributed by atoms with Gasteiger partial charge < -0.3 is 34.3 Å². The average molecular weight is 527 g/mol. The van der Waals surface area contributed by atoms with Crippen molar-refractivity contribution < 1.29 is 47.7 Å². The number of esters is 2. The van der Waals surface area contributed by atoms with Crippen molar-refractivity contribution in [1.29, 1.82) is 0 Å². The van der Waals surface area contributed by atoms with Crippen LogP contribution in [0.1, 0.15) is 72.3 Å². The molecule has 0 unspecified atom stereocenters. The van der Waals surface area contributed by atoms with Crippen LogP contribution in [0.3, 0.4) is 0 Å². The first-order valence-electron chi connectivity index (χ1n) is 7.79. The summed E-state index contributed by atoms with van der Waals surface area (Å²) in [6, 6.07) is 0. The highest BCUT2D eigenvalue weighted by Gasteiger charge is 1.88. The Morgan fingerprint density at radius 3 is 0.571 bits per heavy atom. The lowest BCUT2D eigenvalue weighted by molar-refractivity contribution is -0.138. The molecule has 0 heterocycles. The molecule has 2 amide bonds. The van der Waals surface area contributed by atoms with E-state index in [0.29, 0.717) is 0 Å². The van der Waals surface area contributed by atoms with Gasteiger partial charge in [0.1, 0.15) is 0 Å². The fourth-order valence-electron chi connectivity index (χ4n) is 0.0833. The number of hydrogen-bond donors (Lipinski definition) is 2. The van der Waals surface area contributed by atoms with Crippen LogP contribution in [0.5, 0.6) is 0 Å². The maximum Gasteiger partial charge on any atom is 0.507 e. The third-order valence-corrected chi connectivity index (χ3v) is 1.61. The minimum absolute atomic E-state index is 0. The maximum atomic E-state index is 9.74. The zero-order valence-corrected chi connectivity index (χ0v) is 19.6. The highest BCUT2D eigenvalue weighted by Crippen LogP contribution is 1.72. The molecule has 0 atom stereocenters. The van der Waals surface area contributed by atoms with Crippen LogP contribution in [-0.2, 0) is 42.9 Å². The van der Waals surface area contributed by atoms with Crippen LogP contribution in [-0.4, -0.2) is 86.7 Å². The summed E-state index contributed by atoms with van der Waals surface area (Å²) in [7, 11) is 11.7. The molecule has 12 heteroatoms. The smallest absolute Gasteiger partial charge is 0.469 e. The first-order valence-corrected chi connectivity index (χ1v) is 7.79. The zero-order valence-electron chi connectivity index (χ0n) is 19.6. The molecule has 0 aromatic heterocycles. The van der Waals surface area contributed by atoms with Gasteiger partial charge in [0, 0.05) is 56.0 Å². The summed E-state index contributed by atoms with van der Waals surface area (Å²) in [4.78, 5) is 48.3. The van der Waals surface area contributed by atoms with Gasteiger partial charge in [-0.3, -0.25) is 19.2 Å². The second-order valence-corrected chi connectivity index (χ2v) is 4.07. The monoisotopic (exact) mass is 526 g/mol. The Balaban J connectivity index is -0.0000000177. The Labute approximate surface area is 217 Å². The number of ether oxygens (including phenoxy) is 5. The predicted molar refractivity (Wildman–Crippen MR) is 148 cm³/mol. The van der Waals surface area contributed by atoms with Crippen LogP contribution in [0, 0.1) is 0 Å². The molecular weight excluding hydrogens is 464 g/mol. The van der Waals surface area contributed by atoms with Gasteiger partial charge >= 0.3 is 18.1 Å². The number of carbonyl (C=O) groups excluding carboxylic acids is 5. The van der Waals surface area contributed by atoms with Gasteiger partial charge in [-0.1, -0.05) is 44.6 Å². The van der Waals surface area contributed by atoms with Gasteiger partial charge in [0.2, 0.25) is 11.8 Å². The molecule has 0 bridgehead atoms. The van der Waals surface area contributed by atoms with Crippen molar-refractivity contribution in [1.82, 2.24) is 10.6 Å². The Morgan fingerprint density at radius 1 is 0.457 bits per heavy atom. The van der Waals surface area contributed by atoms with E-state index >= 15 is 0 Å². The van der Waals surface area contributed by atoms with Gasteiger partial charge in [0.25, 0.3) is 0 Å². The van der Waals surface area contributed by atoms with E-state index in [4.69, 9.17) is 0 Å². The largest absolute Gasteiger partial charge is 0.507 e. The summed E-state index contributed by atoms with van der Waals surface area (Å²) in [5, 5.41) is 4.78. The average Bonchev–Trinajstić information content (AvgIpc) is 2.69. The Kier molecular flexibility index (Phi) is 170. The van der Waals surface area contributed by atoms with E-state index in [1.165, 1.54) is 56.1 Å². The van der Waals surface area contributed by atoms with Gasteiger partial charge in [-0.2, -0.15) is 0 Å². The van der Waals surface area contributed by atoms with Crippen LogP contribution < -0.4 is 10.6 Å². The lowest BCUT2D eigenvalue weighted by atomic mass is 10.7. The quantitative estimate of drug-likeness (QED) is 0.344. The number of amides is 2. The molecule has 0 spiro atoms. The van der Waals surface area contributed by atoms with Crippen molar-refractivity contribution in [2.75, 3.05) is 56.8 Å². The van der Waals surface area contributed by atoms with E-state index in [2.05, 4.69) is 34.3 Å². The number of rotatable bonds is 0. The number of nitrogens with one attached hydrogen (secondary N) is 2. The number of hydrogen-bond acceptors (Lipinski definition) is 10. The third-order valence-electron chi connectivity index (χ3n) is 1.61. The molecule has 224 valence electrons. The molecule has 0 rings (SSSR count). The summed E-state index contributed by atoms with van der Waals surface area (Å²) in [5.41, 5.74) is 0. The minimum atomic E-state index is -0.657. The van der Waals surface area contributed by atoms with Crippen molar-refractivity contribution in [3.8, 4) is 0 Å². The van der Waals surface area contributed by atoms with Crippen molar-refractivity contribution >= 4 is 29.9 Å². The van der Waals surface area contributed by atoms with E-state index < -0.39 is 6.16 Å². The number of carbonyl (C=O) groups is 5. The summed E-state index contributed by atoms with van der Waals surface area (Å²) in [6.45, 7) is 5.67. The molecule has 0 fully saturated rings. The summed E-state index contributed by atoms with van der Waals surface area (Å²) >= 11 is 0. The molecule has 0 aliphatic heterocycles. The standard InChI is InChI=1S/2C3H7NO.C3H6O3.2C3H6O2.C2H6O.6CH4/c2*1-3(5)4-2;1-5-3(4)6-2;2*1-3(4)5-2;1-3-2;;;;;;/h2*1-2H3,(H,4,5);1-2H3;2*1-2H3;1-2H3;6*1H4. The van der Waals surface area contributed by atoms with E-state index in [-0.39, 0.29) is 68.3 Å². The Bertz CT molecular complexity index is 344. The molecule has 0 aliphatic rings. The SMILES string of the molecule is C.C.C.C.C.C.CNC(C)=O.CNC(C)=O.COC.COC(=O)OC.COC(C)=O.COC(C)=O. The Hall–Kier alpha value is -2.89. The van der Waals surface area contributed by atoms with E-state index in [0.717, 1.165) is 0 Å². The van der Waals surface area contributed by atoms with Gasteiger partial charge in [0.15, 0.2) is 0 Å². The summed E-state index contributed by atoms with van der Waals surface area (Å²) in [5.74, 6) is -0.481. The second kappa shape index (κ2) is 77.2. The molecule has 2 N–H and O–H groups in total. The zero-order chi connectivity index (χ0) is 24.8. The Morgan fingerprint density at radius 2 is 0.571 bits per heavy atom. The molecule has 0 saturated heterocycles. The van der Waals surface area contributed by atoms with Crippen molar-refractivity contribution in [3.05, 3.63) is 0 Å². The molecule has 0 aliphatic carbocycles. The number of methoxy groups -OCH3 is 5. The highest BCUT2D eigenvalue weighted by molar-refractivity contribution is 5.72. The van der Waals surface area contributed by atoms with Crippen molar-refractivity contribution in [2.45, 2.75) is 72.3 Å². The molecule has 35 heavy (non-hydrogen) atoms. The van der Waals surface area contributed by atoms with E-state index in [1.807, 2.05) is 0 Å². The fourth-order valence-corrected chi connectivity index (χ4v) is 0.0833. The van der Waals surface area contributed by atoms with Crippen molar-refractivity contribution in [3.63, 3.8) is 0 Å². The first-order chi connectivity index (χ1) is 13.3. The minimum Gasteiger partial charge on any atom is -0.469 e. The van der Waals surface area contributed by atoms with E-state index in [1.54, 1.807) is 28.3 Å². The summed E-state index contributed by atoms with van der Waals surface area (Å²) < 4.78 is 20.5. The highest BCUT2D eigenvalue weighted by atomic mass is 16.7. The van der Waals surface area contributed by atoms with Gasteiger partial charge in [-0.05, 0) is 0 Å². The predicted octanol–water partition coefficient (Wildman–Crippen LogP) is 4.34. The van der Waals surface area contributed by atoms with Crippen LogP contribution >= 0.6 is 0 Å². The molecule has 12 nitrogen and oxygen atoms in total. The molecular formula is C23H62N2O10. The molecule has 0 aromatic rings. The lowest BCUT2D eigenvalue weighted by Gasteiger charge is -1.89. The van der Waals surface area contributed by atoms with Crippen LogP contribution in [0.4, 0.5) is 4.79 Å². The van der Waals surface area contributed by atoms with E-state index in [9.17, 15) is 24.0 Å². The van der Waals surface area contributed by atoms with Gasteiger partial charge in [0.05, 0.1) is 28.4 Å². The normalized spacial score (nSPS) is 5.60. The van der Waals surface area contributed by atoms with Gasteiger partial charge in [-0.25, -0.2) is 4.79 Å². The van der Waals surface area contributed by atoms with Gasteiger partial charge in [-0.15, -0.1) is 0 Å². The molecule has 0 aromatic carbocycles. The summed E-state index contributed by atoms with van der Waals surface area (Å²) in [6.07, 6.45) is -0.657. The lowest BCUT2D eigenvalue weighted by Crippen LogP contribution is -2.11. The first kappa shape index (κ1) is 76.8. The second-order valence-electron chi connectivity index (χ2n) is 4.07. The molecule has 0 saturated carbocycles. The van der Waals surface area contributed by atoms with Crippen LogP contribution in [0.25, 0.3) is 0 Å². The van der Waals surface area contributed by atoms with Crippen LogP contribution in [0.15, 0.2) is 0 Å².